The highest BCUT2D eigenvalue weighted by Gasteiger charge is 2.37. The molecule has 0 saturated carbocycles. The lowest BCUT2D eigenvalue weighted by Crippen LogP contribution is -2.15. The summed E-state index contributed by atoms with van der Waals surface area (Å²) in [7, 11) is 0. The monoisotopic (exact) mass is 622 g/mol. The van der Waals surface area contributed by atoms with Gasteiger partial charge in [0.1, 0.15) is 0 Å². The van der Waals surface area contributed by atoms with Crippen molar-refractivity contribution in [2.24, 2.45) is 0 Å². The fourth-order valence-corrected chi connectivity index (χ4v) is 8.65. The molecule has 0 atom stereocenters. The SMILES string of the molecule is CC1(C)c2cc(-c3cc(-c4ccccc4)cc(-c4c5ccccc5cc5c4ccc4ccccc45)c3)ccc2-c2ccc3ccccc3c21. The van der Waals surface area contributed by atoms with E-state index in [2.05, 4.69) is 184 Å². The zero-order chi connectivity index (χ0) is 32.7. The summed E-state index contributed by atoms with van der Waals surface area (Å²) in [5.74, 6) is 0. The van der Waals surface area contributed by atoms with Gasteiger partial charge in [-0.15, -0.1) is 0 Å². The zero-order valence-electron chi connectivity index (χ0n) is 27.7. The van der Waals surface area contributed by atoms with Crippen LogP contribution >= 0.6 is 0 Å². The van der Waals surface area contributed by atoms with E-state index in [1.165, 1.54) is 98.7 Å². The Balaban J connectivity index is 1.24. The van der Waals surface area contributed by atoms with Crippen molar-refractivity contribution < 1.29 is 0 Å². The van der Waals surface area contributed by atoms with Gasteiger partial charge in [-0.3, -0.25) is 0 Å². The normalized spacial score (nSPS) is 13.3. The molecule has 0 heteroatoms. The van der Waals surface area contributed by atoms with Crippen LogP contribution in [0.2, 0.25) is 0 Å². The van der Waals surface area contributed by atoms with Crippen molar-refractivity contribution in [2.45, 2.75) is 19.3 Å². The highest BCUT2D eigenvalue weighted by atomic mass is 14.4. The minimum atomic E-state index is -0.117. The van der Waals surface area contributed by atoms with Crippen molar-refractivity contribution in [1.29, 1.82) is 0 Å². The molecule has 0 amide bonds. The van der Waals surface area contributed by atoms with E-state index in [-0.39, 0.29) is 5.41 Å². The average molecular weight is 623 g/mol. The molecule has 0 unspecified atom stereocenters. The van der Waals surface area contributed by atoms with Crippen molar-refractivity contribution in [1.82, 2.24) is 0 Å². The third-order valence-corrected chi connectivity index (χ3v) is 11.0. The fourth-order valence-electron chi connectivity index (χ4n) is 8.65. The van der Waals surface area contributed by atoms with Crippen molar-refractivity contribution in [3.05, 3.63) is 181 Å². The predicted octanol–water partition coefficient (Wildman–Crippen LogP) is 13.6. The lowest BCUT2D eigenvalue weighted by atomic mass is 9.79. The topological polar surface area (TPSA) is 0 Å². The van der Waals surface area contributed by atoms with Gasteiger partial charge < -0.3 is 0 Å². The van der Waals surface area contributed by atoms with Crippen LogP contribution < -0.4 is 0 Å². The molecule has 0 nitrogen and oxygen atoms in total. The number of rotatable bonds is 3. The van der Waals surface area contributed by atoms with E-state index in [4.69, 9.17) is 0 Å². The Morgan fingerprint density at radius 1 is 0.327 bits per heavy atom. The maximum absolute atomic E-state index is 2.46. The van der Waals surface area contributed by atoms with Crippen LogP contribution in [-0.2, 0) is 5.41 Å². The minimum Gasteiger partial charge on any atom is -0.0622 e. The molecule has 0 aromatic heterocycles. The number of hydrogen-bond donors (Lipinski definition) is 0. The predicted molar refractivity (Wildman–Crippen MR) is 210 cm³/mol. The van der Waals surface area contributed by atoms with Crippen LogP contribution in [0.1, 0.15) is 25.0 Å². The molecule has 9 aromatic rings. The molecule has 9 aromatic carbocycles. The van der Waals surface area contributed by atoms with Gasteiger partial charge in [0, 0.05) is 5.41 Å². The summed E-state index contributed by atoms with van der Waals surface area (Å²) in [6.45, 7) is 4.79. The van der Waals surface area contributed by atoms with Crippen LogP contribution in [0.3, 0.4) is 0 Å². The van der Waals surface area contributed by atoms with E-state index in [9.17, 15) is 0 Å². The van der Waals surface area contributed by atoms with E-state index >= 15 is 0 Å². The third-order valence-electron chi connectivity index (χ3n) is 11.0. The molecule has 0 heterocycles. The van der Waals surface area contributed by atoms with E-state index in [1.54, 1.807) is 0 Å². The zero-order valence-corrected chi connectivity index (χ0v) is 27.7. The molecule has 0 bridgehead atoms. The number of fused-ring (bicyclic) bond motifs is 9. The second kappa shape index (κ2) is 10.5. The molecular weight excluding hydrogens is 589 g/mol. The summed E-state index contributed by atoms with van der Waals surface area (Å²) in [4.78, 5) is 0. The molecule has 1 aliphatic rings. The molecule has 1 aliphatic carbocycles. The van der Waals surface area contributed by atoms with Crippen molar-refractivity contribution in [2.75, 3.05) is 0 Å². The summed E-state index contributed by atoms with van der Waals surface area (Å²) in [6, 6.07) is 63.2. The fraction of sp³-hybridized carbons (Fsp3) is 0.0612. The van der Waals surface area contributed by atoms with E-state index in [1.807, 2.05) is 0 Å². The van der Waals surface area contributed by atoms with Crippen LogP contribution in [0.5, 0.6) is 0 Å². The van der Waals surface area contributed by atoms with Gasteiger partial charge in [-0.25, -0.2) is 0 Å². The Morgan fingerprint density at radius 2 is 0.918 bits per heavy atom. The Bertz CT molecular complexity index is 2780. The van der Waals surface area contributed by atoms with E-state index in [0.717, 1.165) is 0 Å². The summed E-state index contributed by atoms with van der Waals surface area (Å²) in [5, 5.41) is 10.3. The molecule has 0 radical (unpaired) electrons. The first kappa shape index (κ1) is 28.1. The molecule has 0 spiro atoms. The van der Waals surface area contributed by atoms with Crippen molar-refractivity contribution in [3.63, 3.8) is 0 Å². The Kier molecular flexibility index (Phi) is 6.02. The first-order chi connectivity index (χ1) is 24.0. The van der Waals surface area contributed by atoms with Gasteiger partial charge in [-0.1, -0.05) is 153 Å². The van der Waals surface area contributed by atoms with Crippen LogP contribution in [-0.4, -0.2) is 0 Å². The molecule has 49 heavy (non-hydrogen) atoms. The number of hydrogen-bond acceptors (Lipinski definition) is 0. The van der Waals surface area contributed by atoms with Crippen molar-refractivity contribution in [3.8, 4) is 44.5 Å². The maximum atomic E-state index is 2.46. The van der Waals surface area contributed by atoms with Gasteiger partial charge >= 0.3 is 0 Å². The molecule has 10 rings (SSSR count). The van der Waals surface area contributed by atoms with Gasteiger partial charge in [0.05, 0.1) is 0 Å². The molecule has 230 valence electrons. The van der Waals surface area contributed by atoms with Gasteiger partial charge in [-0.05, 0) is 129 Å². The standard InChI is InChI=1S/C49H34/c1-49(2)46-30-34(22-23-42(46)44-25-21-33-15-7-11-19-41(33)48(44)49)37-26-36(31-12-4-3-5-13-31)27-38(28-37)47-40-18-10-8-16-35(40)29-45-39-17-9-6-14-32(39)20-24-43(45)47/h3-30H,1-2H3. The van der Waals surface area contributed by atoms with E-state index < -0.39 is 0 Å². The van der Waals surface area contributed by atoms with Gasteiger partial charge in [0.25, 0.3) is 0 Å². The summed E-state index contributed by atoms with van der Waals surface area (Å²) < 4.78 is 0. The molecule has 0 fully saturated rings. The lowest BCUT2D eigenvalue weighted by molar-refractivity contribution is 0.666. The van der Waals surface area contributed by atoms with Gasteiger partial charge in [-0.2, -0.15) is 0 Å². The maximum Gasteiger partial charge on any atom is 0.0165 e. The van der Waals surface area contributed by atoms with Gasteiger partial charge in [0.15, 0.2) is 0 Å². The van der Waals surface area contributed by atoms with Crippen molar-refractivity contribution >= 4 is 43.1 Å². The highest BCUT2D eigenvalue weighted by molar-refractivity contribution is 6.20. The second-order valence-corrected chi connectivity index (χ2v) is 14.1. The first-order valence-corrected chi connectivity index (χ1v) is 17.3. The van der Waals surface area contributed by atoms with Gasteiger partial charge in [0.2, 0.25) is 0 Å². The third kappa shape index (κ3) is 4.24. The average Bonchev–Trinajstić information content (AvgIpc) is 3.39. The first-order valence-electron chi connectivity index (χ1n) is 17.3. The summed E-state index contributed by atoms with van der Waals surface area (Å²) >= 11 is 0. The van der Waals surface area contributed by atoms with Crippen LogP contribution in [0.15, 0.2) is 170 Å². The lowest BCUT2D eigenvalue weighted by Gasteiger charge is -2.24. The quantitative estimate of drug-likeness (QED) is 0.136. The molecule has 0 aliphatic heterocycles. The Labute approximate surface area is 286 Å². The molecule has 0 N–H and O–H groups in total. The summed E-state index contributed by atoms with van der Waals surface area (Å²) in [5.41, 5.74) is 12.9. The van der Waals surface area contributed by atoms with Crippen LogP contribution in [0.25, 0.3) is 87.6 Å². The summed E-state index contributed by atoms with van der Waals surface area (Å²) in [6.07, 6.45) is 0. The van der Waals surface area contributed by atoms with Crippen LogP contribution in [0, 0.1) is 0 Å². The Hall–Kier alpha value is -5.98. The minimum absolute atomic E-state index is 0.117. The highest BCUT2D eigenvalue weighted by Crippen LogP contribution is 2.52. The smallest absolute Gasteiger partial charge is 0.0165 e. The Morgan fingerprint density at radius 3 is 1.71 bits per heavy atom. The molecular formula is C49H34. The van der Waals surface area contributed by atoms with Crippen LogP contribution in [0.4, 0.5) is 0 Å². The number of benzene rings is 9. The second-order valence-electron chi connectivity index (χ2n) is 14.1. The molecule has 0 saturated heterocycles. The van der Waals surface area contributed by atoms with E-state index in [0.29, 0.717) is 0 Å². The largest absolute Gasteiger partial charge is 0.0622 e.